The number of hydrogen-bond acceptors (Lipinski definition) is 2. The lowest BCUT2D eigenvalue weighted by Gasteiger charge is -2.10. The van der Waals surface area contributed by atoms with Crippen molar-refractivity contribution < 1.29 is 18.3 Å². The minimum Gasteiger partial charge on any atom is -0.388 e. The van der Waals surface area contributed by atoms with Crippen LogP contribution in [0, 0.1) is 0 Å². The highest BCUT2D eigenvalue weighted by atomic mass is 79.9. The van der Waals surface area contributed by atoms with Gasteiger partial charge in [0.15, 0.2) is 0 Å². The van der Waals surface area contributed by atoms with Crippen LogP contribution in [0.5, 0.6) is 0 Å². The first kappa shape index (κ1) is 14.6. The molecule has 6 heteroatoms. The molecule has 0 bridgehead atoms. The number of hydrogen-bond donors (Lipinski definition) is 1. The summed E-state index contributed by atoms with van der Waals surface area (Å²) in [6.07, 6.45) is -4.74. The fourth-order valence-electron chi connectivity index (χ4n) is 1.67. The molecule has 19 heavy (non-hydrogen) atoms. The Morgan fingerprint density at radius 3 is 2.32 bits per heavy atom. The van der Waals surface area contributed by atoms with E-state index in [9.17, 15) is 18.3 Å². The third kappa shape index (κ3) is 3.81. The fourth-order valence-corrected chi connectivity index (χ4v) is 2.89. The van der Waals surface area contributed by atoms with E-state index in [2.05, 4.69) is 15.9 Å². The average molecular weight is 351 g/mol. The van der Waals surface area contributed by atoms with E-state index in [4.69, 9.17) is 0 Å². The first-order chi connectivity index (χ1) is 8.86. The van der Waals surface area contributed by atoms with Crippen LogP contribution in [0.25, 0.3) is 0 Å². The minimum absolute atomic E-state index is 0.293. The molecule has 102 valence electrons. The SMILES string of the molecule is OC(Cc1ccc(C(F)(F)F)cc1)c1csc(Br)c1. The van der Waals surface area contributed by atoms with Crippen LogP contribution in [0.2, 0.25) is 0 Å². The smallest absolute Gasteiger partial charge is 0.388 e. The Balaban J connectivity index is 2.07. The van der Waals surface area contributed by atoms with Gasteiger partial charge in [0.25, 0.3) is 0 Å². The molecular weight excluding hydrogens is 341 g/mol. The van der Waals surface area contributed by atoms with E-state index >= 15 is 0 Å². The van der Waals surface area contributed by atoms with Crippen molar-refractivity contribution in [1.29, 1.82) is 0 Å². The van der Waals surface area contributed by atoms with Gasteiger partial charge in [0.1, 0.15) is 0 Å². The second kappa shape index (κ2) is 5.64. The van der Waals surface area contributed by atoms with Gasteiger partial charge in [-0.1, -0.05) is 12.1 Å². The highest BCUT2D eigenvalue weighted by Gasteiger charge is 2.29. The Kier molecular flexibility index (Phi) is 4.32. The summed E-state index contributed by atoms with van der Waals surface area (Å²) in [5, 5.41) is 11.8. The van der Waals surface area contributed by atoms with Gasteiger partial charge in [-0.3, -0.25) is 0 Å². The molecule has 0 aliphatic carbocycles. The van der Waals surface area contributed by atoms with Gasteiger partial charge in [-0.15, -0.1) is 11.3 Å². The highest BCUT2D eigenvalue weighted by molar-refractivity contribution is 9.11. The number of rotatable bonds is 3. The van der Waals surface area contributed by atoms with Crippen molar-refractivity contribution in [2.75, 3.05) is 0 Å². The molecule has 1 N–H and O–H groups in total. The maximum absolute atomic E-state index is 12.4. The molecule has 1 heterocycles. The molecule has 0 saturated heterocycles. The van der Waals surface area contributed by atoms with Crippen LogP contribution in [-0.4, -0.2) is 5.11 Å². The third-order valence-corrected chi connectivity index (χ3v) is 4.21. The molecule has 0 spiro atoms. The molecule has 1 aromatic carbocycles. The molecule has 0 amide bonds. The first-order valence-corrected chi connectivity index (χ1v) is 7.11. The van der Waals surface area contributed by atoms with Crippen LogP contribution in [0.4, 0.5) is 13.2 Å². The number of alkyl halides is 3. The second-order valence-electron chi connectivity index (χ2n) is 4.10. The molecule has 2 rings (SSSR count). The lowest BCUT2D eigenvalue weighted by molar-refractivity contribution is -0.137. The molecule has 0 aliphatic rings. The topological polar surface area (TPSA) is 20.2 Å². The summed E-state index contributed by atoms with van der Waals surface area (Å²) < 4.78 is 38.1. The Morgan fingerprint density at radius 2 is 1.84 bits per heavy atom. The van der Waals surface area contributed by atoms with Gasteiger partial charge in [-0.05, 0) is 50.6 Å². The molecule has 1 atom stereocenters. The molecule has 0 radical (unpaired) electrons. The van der Waals surface area contributed by atoms with E-state index in [0.717, 1.165) is 21.5 Å². The van der Waals surface area contributed by atoms with Crippen molar-refractivity contribution in [3.63, 3.8) is 0 Å². The van der Waals surface area contributed by atoms with Crippen LogP contribution < -0.4 is 0 Å². The standard InChI is InChI=1S/C13H10BrF3OS/c14-12-6-9(7-19-12)11(18)5-8-1-3-10(4-2-8)13(15,16)17/h1-4,6-7,11,18H,5H2. The third-order valence-electron chi connectivity index (χ3n) is 2.68. The molecule has 1 unspecified atom stereocenters. The number of aliphatic hydroxyl groups excluding tert-OH is 1. The van der Waals surface area contributed by atoms with E-state index in [1.807, 2.05) is 5.38 Å². The number of benzene rings is 1. The summed E-state index contributed by atoms with van der Waals surface area (Å²) in [6.45, 7) is 0. The molecule has 2 aromatic rings. The van der Waals surface area contributed by atoms with Crippen molar-refractivity contribution in [2.24, 2.45) is 0 Å². The monoisotopic (exact) mass is 350 g/mol. The quantitative estimate of drug-likeness (QED) is 0.842. The van der Waals surface area contributed by atoms with Crippen LogP contribution in [-0.2, 0) is 12.6 Å². The van der Waals surface area contributed by atoms with E-state index in [1.165, 1.54) is 23.5 Å². The van der Waals surface area contributed by atoms with E-state index in [0.29, 0.717) is 12.0 Å². The van der Waals surface area contributed by atoms with Crippen LogP contribution in [0.15, 0.2) is 39.5 Å². The van der Waals surface area contributed by atoms with Crippen LogP contribution in [0.3, 0.4) is 0 Å². The van der Waals surface area contributed by atoms with Gasteiger partial charge in [-0.2, -0.15) is 13.2 Å². The van der Waals surface area contributed by atoms with Crippen molar-refractivity contribution in [2.45, 2.75) is 18.7 Å². The van der Waals surface area contributed by atoms with Gasteiger partial charge >= 0.3 is 6.18 Å². The highest BCUT2D eigenvalue weighted by Crippen LogP contribution is 2.30. The number of halogens is 4. The van der Waals surface area contributed by atoms with Crippen molar-refractivity contribution in [1.82, 2.24) is 0 Å². The predicted octanol–water partition coefficient (Wildman–Crippen LogP) is 4.81. The van der Waals surface area contributed by atoms with E-state index < -0.39 is 17.8 Å². The molecule has 0 saturated carbocycles. The van der Waals surface area contributed by atoms with Crippen molar-refractivity contribution in [3.8, 4) is 0 Å². The normalized spacial score (nSPS) is 13.5. The lowest BCUT2D eigenvalue weighted by Crippen LogP contribution is -2.05. The molecule has 0 aliphatic heterocycles. The maximum atomic E-state index is 12.4. The molecule has 1 aromatic heterocycles. The summed E-state index contributed by atoms with van der Waals surface area (Å²) in [6, 6.07) is 6.66. The van der Waals surface area contributed by atoms with Crippen molar-refractivity contribution in [3.05, 3.63) is 56.2 Å². The summed E-state index contributed by atoms with van der Waals surface area (Å²) in [5.74, 6) is 0. The predicted molar refractivity (Wildman–Crippen MR) is 72.1 cm³/mol. The van der Waals surface area contributed by atoms with Crippen molar-refractivity contribution >= 4 is 27.3 Å². The zero-order chi connectivity index (χ0) is 14.0. The Morgan fingerprint density at radius 1 is 1.21 bits per heavy atom. The van der Waals surface area contributed by atoms with Gasteiger partial charge in [0, 0.05) is 6.42 Å². The summed E-state index contributed by atoms with van der Waals surface area (Å²) >= 11 is 4.76. The van der Waals surface area contributed by atoms with Gasteiger partial charge in [0.05, 0.1) is 15.5 Å². The van der Waals surface area contributed by atoms with Gasteiger partial charge in [0.2, 0.25) is 0 Å². The second-order valence-corrected chi connectivity index (χ2v) is 6.39. The zero-order valence-corrected chi connectivity index (χ0v) is 12.0. The largest absolute Gasteiger partial charge is 0.416 e. The van der Waals surface area contributed by atoms with E-state index in [-0.39, 0.29) is 0 Å². The lowest BCUT2D eigenvalue weighted by atomic mass is 10.0. The van der Waals surface area contributed by atoms with Gasteiger partial charge in [-0.25, -0.2) is 0 Å². The Bertz CT molecular complexity index is 548. The number of thiophene rings is 1. The summed E-state index contributed by atoms with van der Waals surface area (Å²) in [5.41, 5.74) is 0.753. The first-order valence-electron chi connectivity index (χ1n) is 5.44. The Hall–Kier alpha value is -0.850. The van der Waals surface area contributed by atoms with Crippen LogP contribution in [0.1, 0.15) is 22.8 Å². The van der Waals surface area contributed by atoms with Crippen LogP contribution >= 0.6 is 27.3 Å². The number of aliphatic hydroxyl groups is 1. The summed E-state index contributed by atoms with van der Waals surface area (Å²) in [7, 11) is 0. The Labute approximate surface area is 120 Å². The van der Waals surface area contributed by atoms with E-state index in [1.54, 1.807) is 6.07 Å². The average Bonchev–Trinajstić information content (AvgIpc) is 2.75. The van der Waals surface area contributed by atoms with Gasteiger partial charge < -0.3 is 5.11 Å². The molecule has 0 fully saturated rings. The molecule has 1 nitrogen and oxygen atoms in total. The summed E-state index contributed by atoms with van der Waals surface area (Å²) in [4.78, 5) is 0. The molecular formula is C13H10BrF3OS. The maximum Gasteiger partial charge on any atom is 0.416 e. The minimum atomic E-state index is -4.32. The fraction of sp³-hybridized carbons (Fsp3) is 0.231. The zero-order valence-electron chi connectivity index (χ0n) is 9.62.